The Morgan fingerprint density at radius 2 is 1.94 bits per heavy atom. The van der Waals surface area contributed by atoms with Crippen molar-refractivity contribution in [3.63, 3.8) is 0 Å². The summed E-state index contributed by atoms with van der Waals surface area (Å²) in [7, 11) is 4.03. The summed E-state index contributed by atoms with van der Waals surface area (Å²) in [5.74, 6) is 0. The van der Waals surface area contributed by atoms with Gasteiger partial charge in [-0.05, 0) is 29.4 Å². The Balaban J connectivity index is 2.34. The van der Waals surface area contributed by atoms with E-state index in [1.165, 1.54) is 50.6 Å². The molecule has 0 aliphatic heterocycles. The van der Waals surface area contributed by atoms with Crippen LogP contribution in [0, 0.1) is 0 Å². The molecule has 3 nitrogen and oxygen atoms in total. The molecule has 18 heavy (non-hydrogen) atoms. The molecule has 0 aliphatic carbocycles. The normalized spacial score (nSPS) is 12.9. The number of hydrogen-bond acceptors (Lipinski definition) is 2. The molecule has 104 valence electrons. The molecular formula is C14H26BrN3. The van der Waals surface area contributed by atoms with Gasteiger partial charge in [0.1, 0.15) is 0 Å². The topological polar surface area (TPSA) is 29.9 Å². The Morgan fingerprint density at radius 3 is 2.50 bits per heavy atom. The molecule has 1 rings (SSSR count). The van der Waals surface area contributed by atoms with Crippen molar-refractivity contribution >= 4 is 15.9 Å². The predicted molar refractivity (Wildman–Crippen MR) is 80.7 cm³/mol. The lowest BCUT2D eigenvalue weighted by Gasteiger charge is -2.17. The van der Waals surface area contributed by atoms with E-state index in [-0.39, 0.29) is 0 Å². The number of nitrogens with zero attached hydrogens (tertiary/aromatic N) is 2. The van der Waals surface area contributed by atoms with E-state index in [0.29, 0.717) is 6.04 Å². The molecule has 0 fully saturated rings. The Hall–Kier alpha value is -0.350. The van der Waals surface area contributed by atoms with Gasteiger partial charge in [0, 0.05) is 7.05 Å². The van der Waals surface area contributed by atoms with Gasteiger partial charge in [-0.2, -0.15) is 5.10 Å². The summed E-state index contributed by atoms with van der Waals surface area (Å²) >= 11 is 3.58. The third-order valence-electron chi connectivity index (χ3n) is 3.46. The average Bonchev–Trinajstić information content (AvgIpc) is 2.69. The second-order valence-electron chi connectivity index (χ2n) is 4.90. The molecule has 1 unspecified atom stereocenters. The number of hydrogen-bond donors (Lipinski definition) is 1. The molecule has 1 atom stereocenters. The summed E-state index contributed by atoms with van der Waals surface area (Å²) in [4.78, 5) is 0. The van der Waals surface area contributed by atoms with Crippen molar-refractivity contribution in [2.45, 2.75) is 57.9 Å². The second-order valence-corrected chi connectivity index (χ2v) is 5.75. The first-order valence-corrected chi connectivity index (χ1v) is 7.84. The zero-order valence-corrected chi connectivity index (χ0v) is 13.5. The highest BCUT2D eigenvalue weighted by atomic mass is 79.9. The minimum atomic E-state index is 0.401. The molecule has 1 aromatic rings. The second kappa shape index (κ2) is 8.70. The van der Waals surface area contributed by atoms with Crippen LogP contribution in [0.2, 0.25) is 0 Å². The third kappa shape index (κ3) is 4.73. The SMILES string of the molecule is CCCCCCCCC(NC)c1c(Br)cnn1C. The van der Waals surface area contributed by atoms with E-state index in [4.69, 9.17) is 0 Å². The maximum absolute atomic E-state index is 4.28. The number of halogens is 1. The van der Waals surface area contributed by atoms with Crippen molar-refractivity contribution in [1.82, 2.24) is 15.1 Å². The summed E-state index contributed by atoms with van der Waals surface area (Å²) in [6, 6.07) is 0.401. The summed E-state index contributed by atoms with van der Waals surface area (Å²) < 4.78 is 3.07. The molecule has 0 amide bonds. The number of aromatic nitrogens is 2. The fraction of sp³-hybridized carbons (Fsp3) is 0.786. The third-order valence-corrected chi connectivity index (χ3v) is 4.07. The summed E-state index contributed by atoms with van der Waals surface area (Å²) in [5.41, 5.74) is 1.26. The fourth-order valence-corrected chi connectivity index (χ4v) is 2.98. The van der Waals surface area contributed by atoms with Gasteiger partial charge in [0.05, 0.1) is 22.4 Å². The van der Waals surface area contributed by atoms with Crippen LogP contribution in [0.4, 0.5) is 0 Å². The van der Waals surface area contributed by atoms with Gasteiger partial charge in [0.2, 0.25) is 0 Å². The highest BCUT2D eigenvalue weighted by Gasteiger charge is 2.16. The first kappa shape index (κ1) is 15.7. The zero-order chi connectivity index (χ0) is 13.4. The average molecular weight is 316 g/mol. The molecule has 0 saturated carbocycles. The predicted octanol–water partition coefficient (Wildman–Crippen LogP) is 4.19. The summed E-state index contributed by atoms with van der Waals surface area (Å²) in [5, 5.41) is 7.68. The van der Waals surface area contributed by atoms with Crippen LogP contribution in [-0.2, 0) is 7.05 Å². The van der Waals surface area contributed by atoms with Gasteiger partial charge in [-0.25, -0.2) is 0 Å². The van der Waals surface area contributed by atoms with Gasteiger partial charge in [-0.15, -0.1) is 0 Å². The van der Waals surface area contributed by atoms with E-state index in [1.54, 1.807) is 0 Å². The van der Waals surface area contributed by atoms with Crippen LogP contribution in [0.3, 0.4) is 0 Å². The monoisotopic (exact) mass is 315 g/mol. The van der Waals surface area contributed by atoms with Crippen LogP contribution in [0.5, 0.6) is 0 Å². The Bertz CT molecular complexity index is 316. The van der Waals surface area contributed by atoms with E-state index >= 15 is 0 Å². The quantitative estimate of drug-likeness (QED) is 0.692. The van der Waals surface area contributed by atoms with Gasteiger partial charge in [0.25, 0.3) is 0 Å². The molecule has 0 aliphatic rings. The van der Waals surface area contributed by atoms with Crippen molar-refractivity contribution < 1.29 is 0 Å². The zero-order valence-electron chi connectivity index (χ0n) is 11.9. The van der Waals surface area contributed by atoms with Crippen LogP contribution in [0.1, 0.15) is 63.6 Å². The molecular weight excluding hydrogens is 290 g/mol. The number of rotatable bonds is 9. The molecule has 1 heterocycles. The Kier molecular flexibility index (Phi) is 7.59. The molecule has 0 aromatic carbocycles. The van der Waals surface area contributed by atoms with Crippen molar-refractivity contribution in [3.8, 4) is 0 Å². The van der Waals surface area contributed by atoms with Crippen molar-refractivity contribution in [2.75, 3.05) is 7.05 Å². The van der Waals surface area contributed by atoms with E-state index in [0.717, 1.165) is 4.47 Å². The minimum Gasteiger partial charge on any atom is -0.312 e. The van der Waals surface area contributed by atoms with Gasteiger partial charge >= 0.3 is 0 Å². The number of aryl methyl sites for hydroxylation is 1. The molecule has 4 heteroatoms. The lowest BCUT2D eigenvalue weighted by Crippen LogP contribution is -2.19. The van der Waals surface area contributed by atoms with E-state index in [1.807, 2.05) is 25.0 Å². The van der Waals surface area contributed by atoms with Crippen LogP contribution < -0.4 is 5.32 Å². The molecule has 0 bridgehead atoms. The van der Waals surface area contributed by atoms with Gasteiger partial charge in [-0.3, -0.25) is 4.68 Å². The Morgan fingerprint density at radius 1 is 1.28 bits per heavy atom. The van der Waals surface area contributed by atoms with E-state index in [2.05, 4.69) is 33.3 Å². The summed E-state index contributed by atoms with van der Waals surface area (Å²) in [6.07, 6.45) is 11.1. The molecule has 1 N–H and O–H groups in total. The van der Waals surface area contributed by atoms with Crippen molar-refractivity contribution in [1.29, 1.82) is 0 Å². The highest BCUT2D eigenvalue weighted by Crippen LogP contribution is 2.26. The summed E-state index contributed by atoms with van der Waals surface area (Å²) in [6.45, 7) is 2.26. The molecule has 0 radical (unpaired) electrons. The smallest absolute Gasteiger partial charge is 0.0692 e. The minimum absolute atomic E-state index is 0.401. The number of nitrogens with one attached hydrogen (secondary N) is 1. The van der Waals surface area contributed by atoms with Gasteiger partial charge in [0.15, 0.2) is 0 Å². The first-order valence-electron chi connectivity index (χ1n) is 7.05. The van der Waals surface area contributed by atoms with E-state index < -0.39 is 0 Å². The first-order chi connectivity index (χ1) is 8.70. The van der Waals surface area contributed by atoms with Crippen LogP contribution in [-0.4, -0.2) is 16.8 Å². The standard InChI is InChI=1S/C14H26BrN3/c1-4-5-6-7-8-9-10-13(16-2)14-12(15)11-17-18(14)3/h11,13,16H,4-10H2,1-3H3. The maximum atomic E-state index is 4.28. The highest BCUT2D eigenvalue weighted by molar-refractivity contribution is 9.10. The Labute approximate surface area is 119 Å². The molecule has 1 aromatic heterocycles. The lowest BCUT2D eigenvalue weighted by molar-refractivity contribution is 0.470. The molecule has 0 saturated heterocycles. The largest absolute Gasteiger partial charge is 0.312 e. The maximum Gasteiger partial charge on any atom is 0.0692 e. The van der Waals surface area contributed by atoms with Crippen LogP contribution in [0.25, 0.3) is 0 Å². The van der Waals surface area contributed by atoms with Crippen LogP contribution in [0.15, 0.2) is 10.7 Å². The van der Waals surface area contributed by atoms with Crippen molar-refractivity contribution in [2.24, 2.45) is 7.05 Å². The van der Waals surface area contributed by atoms with Crippen molar-refractivity contribution in [3.05, 3.63) is 16.4 Å². The fourth-order valence-electron chi connectivity index (χ4n) is 2.36. The molecule has 0 spiro atoms. The van der Waals surface area contributed by atoms with Gasteiger partial charge in [-0.1, -0.05) is 45.4 Å². The lowest BCUT2D eigenvalue weighted by atomic mass is 10.0. The van der Waals surface area contributed by atoms with Crippen LogP contribution >= 0.6 is 15.9 Å². The van der Waals surface area contributed by atoms with Gasteiger partial charge < -0.3 is 5.32 Å². The van der Waals surface area contributed by atoms with E-state index in [9.17, 15) is 0 Å². The number of unbranched alkanes of at least 4 members (excludes halogenated alkanes) is 5.